The molecule has 25 heavy (non-hydrogen) atoms. The van der Waals surface area contributed by atoms with Gasteiger partial charge in [-0.1, -0.05) is 50.2 Å². The van der Waals surface area contributed by atoms with Gasteiger partial charge in [-0.2, -0.15) is 0 Å². The molecule has 1 aromatic heterocycles. The fourth-order valence-electron chi connectivity index (χ4n) is 2.97. The highest BCUT2D eigenvalue weighted by Crippen LogP contribution is 2.24. The molecule has 0 aliphatic carbocycles. The van der Waals surface area contributed by atoms with E-state index in [0.29, 0.717) is 5.92 Å². The Hall–Kier alpha value is -2.88. The first-order valence-corrected chi connectivity index (χ1v) is 8.54. The van der Waals surface area contributed by atoms with Crippen molar-refractivity contribution >= 4 is 28.4 Å². The van der Waals surface area contributed by atoms with Crippen LogP contribution in [0.4, 0.5) is 5.69 Å². The van der Waals surface area contributed by atoms with Crippen molar-refractivity contribution in [2.24, 2.45) is 0 Å². The lowest BCUT2D eigenvalue weighted by Gasteiger charge is -2.13. The predicted molar refractivity (Wildman–Crippen MR) is 101 cm³/mol. The van der Waals surface area contributed by atoms with Gasteiger partial charge in [0.05, 0.1) is 5.52 Å². The third-order valence-corrected chi connectivity index (χ3v) is 4.29. The Morgan fingerprint density at radius 2 is 1.68 bits per heavy atom. The van der Waals surface area contributed by atoms with Crippen LogP contribution in [0.1, 0.15) is 43.0 Å². The van der Waals surface area contributed by atoms with Crippen molar-refractivity contribution in [1.29, 1.82) is 0 Å². The normalized spacial score (nSPS) is 11.0. The van der Waals surface area contributed by atoms with E-state index in [9.17, 15) is 9.59 Å². The number of nitrogens with one attached hydrogen (secondary N) is 1. The van der Waals surface area contributed by atoms with Crippen LogP contribution in [0.15, 0.2) is 60.8 Å². The highest BCUT2D eigenvalue weighted by Gasteiger charge is 2.13. The quantitative estimate of drug-likeness (QED) is 0.727. The fraction of sp³-hybridized carbons (Fsp3) is 0.238. The number of carbonyl (C=O) groups is 2. The van der Waals surface area contributed by atoms with E-state index in [1.54, 1.807) is 10.8 Å². The summed E-state index contributed by atoms with van der Waals surface area (Å²) in [5.74, 6) is 0.107. The first-order chi connectivity index (χ1) is 12.1. The van der Waals surface area contributed by atoms with Crippen LogP contribution < -0.4 is 5.32 Å². The number of hydrogen-bond acceptors (Lipinski definition) is 2. The zero-order chi connectivity index (χ0) is 17.8. The molecule has 0 fully saturated rings. The Labute approximate surface area is 147 Å². The van der Waals surface area contributed by atoms with Crippen molar-refractivity contribution in [3.8, 4) is 0 Å². The highest BCUT2D eigenvalue weighted by atomic mass is 16.2. The minimum Gasteiger partial charge on any atom is -0.326 e. The number of hydrogen-bond donors (Lipinski definition) is 1. The molecule has 3 aromatic rings. The van der Waals surface area contributed by atoms with E-state index >= 15 is 0 Å². The van der Waals surface area contributed by atoms with E-state index in [-0.39, 0.29) is 24.7 Å². The van der Waals surface area contributed by atoms with Gasteiger partial charge in [-0.3, -0.25) is 14.2 Å². The highest BCUT2D eigenvalue weighted by molar-refractivity contribution is 5.97. The van der Waals surface area contributed by atoms with Gasteiger partial charge in [0.15, 0.2) is 0 Å². The van der Waals surface area contributed by atoms with Crippen LogP contribution in [0.3, 0.4) is 0 Å². The Balaban J connectivity index is 1.64. The summed E-state index contributed by atoms with van der Waals surface area (Å²) in [6.07, 6.45) is 2.10. The number of fused-ring (bicyclic) bond motifs is 1. The summed E-state index contributed by atoms with van der Waals surface area (Å²) in [6, 6.07) is 17.4. The Morgan fingerprint density at radius 3 is 2.48 bits per heavy atom. The van der Waals surface area contributed by atoms with E-state index in [4.69, 9.17) is 0 Å². The maximum atomic E-state index is 12.4. The second-order valence-corrected chi connectivity index (χ2v) is 6.43. The maximum Gasteiger partial charge on any atom is 0.231 e. The number of anilines is 1. The third kappa shape index (κ3) is 3.79. The van der Waals surface area contributed by atoms with Crippen LogP contribution in [-0.4, -0.2) is 16.4 Å². The predicted octanol–water partition coefficient (Wildman–Crippen LogP) is 4.82. The molecule has 0 spiro atoms. The molecule has 0 aliphatic heterocycles. The second kappa shape index (κ2) is 7.34. The third-order valence-electron chi connectivity index (χ3n) is 4.29. The molecule has 4 nitrogen and oxygen atoms in total. The summed E-state index contributed by atoms with van der Waals surface area (Å²) in [6.45, 7) is 4.18. The van der Waals surface area contributed by atoms with Gasteiger partial charge in [-0.25, -0.2) is 0 Å². The molecule has 4 heteroatoms. The van der Waals surface area contributed by atoms with Crippen molar-refractivity contribution < 1.29 is 9.59 Å². The first-order valence-electron chi connectivity index (χ1n) is 8.54. The summed E-state index contributed by atoms with van der Waals surface area (Å²) >= 11 is 0. The van der Waals surface area contributed by atoms with E-state index in [1.807, 2.05) is 54.6 Å². The Kier molecular flexibility index (Phi) is 4.98. The molecular formula is C21H22N2O2. The van der Waals surface area contributed by atoms with Crippen LogP contribution >= 0.6 is 0 Å². The average molecular weight is 334 g/mol. The molecule has 0 aliphatic rings. The molecule has 1 amide bonds. The van der Waals surface area contributed by atoms with Gasteiger partial charge >= 0.3 is 0 Å². The van der Waals surface area contributed by atoms with Gasteiger partial charge in [0.2, 0.25) is 11.8 Å². The van der Waals surface area contributed by atoms with Crippen molar-refractivity contribution in [2.45, 2.75) is 32.6 Å². The summed E-state index contributed by atoms with van der Waals surface area (Å²) in [5.41, 5.74) is 2.79. The largest absolute Gasteiger partial charge is 0.326 e. The van der Waals surface area contributed by atoms with Gasteiger partial charge in [0.1, 0.15) is 0 Å². The topological polar surface area (TPSA) is 51.1 Å². The van der Waals surface area contributed by atoms with Crippen molar-refractivity contribution in [1.82, 2.24) is 4.57 Å². The van der Waals surface area contributed by atoms with Gasteiger partial charge in [0, 0.05) is 30.1 Å². The van der Waals surface area contributed by atoms with Gasteiger partial charge in [0.25, 0.3) is 0 Å². The maximum absolute atomic E-state index is 12.4. The Bertz CT molecular complexity index is 909. The number of para-hydroxylation sites is 2. The SMILES string of the molecule is CC(C)c1ccccc1NC(=O)CCC(=O)n1ccc2ccccc21. The first kappa shape index (κ1) is 17.0. The second-order valence-electron chi connectivity index (χ2n) is 6.43. The van der Waals surface area contributed by atoms with Crippen LogP contribution in [0, 0.1) is 0 Å². The molecule has 0 bridgehead atoms. The molecule has 2 aromatic carbocycles. The molecule has 3 rings (SSSR count). The molecule has 0 saturated heterocycles. The Morgan fingerprint density at radius 1 is 0.960 bits per heavy atom. The summed E-state index contributed by atoms with van der Waals surface area (Å²) in [4.78, 5) is 24.7. The molecular weight excluding hydrogens is 312 g/mol. The number of rotatable bonds is 5. The minimum atomic E-state index is -0.141. The van der Waals surface area contributed by atoms with E-state index in [0.717, 1.165) is 22.2 Å². The van der Waals surface area contributed by atoms with Crippen LogP contribution in [-0.2, 0) is 4.79 Å². The lowest BCUT2D eigenvalue weighted by molar-refractivity contribution is -0.116. The number of nitrogens with zero attached hydrogens (tertiary/aromatic N) is 1. The molecule has 0 radical (unpaired) electrons. The van der Waals surface area contributed by atoms with Crippen molar-refractivity contribution in [2.75, 3.05) is 5.32 Å². The van der Waals surface area contributed by atoms with Crippen LogP contribution in [0.5, 0.6) is 0 Å². The molecule has 1 heterocycles. The number of carbonyl (C=O) groups excluding carboxylic acids is 2. The van der Waals surface area contributed by atoms with E-state index in [1.165, 1.54) is 0 Å². The van der Waals surface area contributed by atoms with E-state index < -0.39 is 0 Å². The summed E-state index contributed by atoms with van der Waals surface area (Å²) in [7, 11) is 0. The molecule has 128 valence electrons. The van der Waals surface area contributed by atoms with Gasteiger partial charge < -0.3 is 5.32 Å². The smallest absolute Gasteiger partial charge is 0.231 e. The van der Waals surface area contributed by atoms with Crippen LogP contribution in [0.2, 0.25) is 0 Å². The lowest BCUT2D eigenvalue weighted by Crippen LogP contribution is -2.17. The molecule has 0 unspecified atom stereocenters. The number of benzene rings is 2. The number of aromatic nitrogens is 1. The molecule has 1 N–H and O–H groups in total. The standard InChI is InChI=1S/C21H22N2O2/c1-15(2)17-8-4-5-9-18(17)22-20(24)11-12-21(25)23-14-13-16-7-3-6-10-19(16)23/h3-10,13-15H,11-12H2,1-2H3,(H,22,24). The monoisotopic (exact) mass is 334 g/mol. The van der Waals surface area contributed by atoms with Crippen LogP contribution in [0.25, 0.3) is 10.9 Å². The van der Waals surface area contributed by atoms with Gasteiger partial charge in [-0.15, -0.1) is 0 Å². The zero-order valence-corrected chi connectivity index (χ0v) is 14.5. The number of amides is 1. The van der Waals surface area contributed by atoms with Crippen molar-refractivity contribution in [3.63, 3.8) is 0 Å². The van der Waals surface area contributed by atoms with Crippen molar-refractivity contribution in [3.05, 3.63) is 66.4 Å². The lowest BCUT2D eigenvalue weighted by atomic mass is 10.0. The summed E-state index contributed by atoms with van der Waals surface area (Å²) in [5, 5.41) is 3.95. The van der Waals surface area contributed by atoms with E-state index in [2.05, 4.69) is 19.2 Å². The summed E-state index contributed by atoms with van der Waals surface area (Å²) < 4.78 is 1.62. The average Bonchev–Trinajstić information content (AvgIpc) is 3.04. The molecule has 0 saturated carbocycles. The minimum absolute atomic E-state index is 0.0755. The fourth-order valence-corrected chi connectivity index (χ4v) is 2.97. The van der Waals surface area contributed by atoms with Gasteiger partial charge in [-0.05, 0) is 29.7 Å². The zero-order valence-electron chi connectivity index (χ0n) is 14.5. The molecule has 0 atom stereocenters.